The number of carbonyl (C=O) groups is 1. The van der Waals surface area contributed by atoms with E-state index in [9.17, 15) is 13.6 Å². The van der Waals surface area contributed by atoms with E-state index in [1.807, 2.05) is 12.1 Å². The van der Waals surface area contributed by atoms with E-state index in [1.165, 1.54) is 18.2 Å². The lowest BCUT2D eigenvalue weighted by molar-refractivity contribution is -0.111. The highest BCUT2D eigenvalue weighted by Gasteiger charge is 2.08. The smallest absolute Gasteiger partial charge is 0.387 e. The van der Waals surface area contributed by atoms with Crippen molar-refractivity contribution < 1.29 is 22.7 Å². The monoisotopic (exact) mass is 370 g/mol. The van der Waals surface area contributed by atoms with Crippen LogP contribution in [0.1, 0.15) is 11.5 Å². The molecule has 0 aliphatic carbocycles. The molecule has 0 saturated carbocycles. The molecule has 7 heteroatoms. The van der Waals surface area contributed by atoms with Gasteiger partial charge in [-0.05, 0) is 24.3 Å². The quantitative estimate of drug-likeness (QED) is 0.627. The minimum atomic E-state index is -2.93. The first-order valence-electron chi connectivity index (χ1n) is 8.07. The molecule has 0 aliphatic heterocycles. The van der Waals surface area contributed by atoms with Crippen LogP contribution < -0.4 is 10.1 Å². The van der Waals surface area contributed by atoms with Crippen LogP contribution in [-0.2, 0) is 4.79 Å². The Morgan fingerprint density at radius 3 is 2.59 bits per heavy atom. The van der Waals surface area contributed by atoms with Gasteiger partial charge in [0.2, 0.25) is 5.91 Å². The summed E-state index contributed by atoms with van der Waals surface area (Å²) in [5.41, 5.74) is 2.54. The number of para-hydroxylation sites is 1. The van der Waals surface area contributed by atoms with Crippen molar-refractivity contribution in [3.63, 3.8) is 0 Å². The van der Waals surface area contributed by atoms with Crippen LogP contribution in [0.5, 0.6) is 5.75 Å². The predicted molar refractivity (Wildman–Crippen MR) is 97.4 cm³/mol. The molecular formula is C20H16F2N2O3. The average molecular weight is 370 g/mol. The first-order valence-corrected chi connectivity index (χ1v) is 8.07. The van der Waals surface area contributed by atoms with Crippen LogP contribution in [-0.4, -0.2) is 17.5 Å². The Morgan fingerprint density at radius 1 is 1.19 bits per heavy atom. The van der Waals surface area contributed by atoms with E-state index in [0.717, 1.165) is 5.56 Å². The zero-order chi connectivity index (χ0) is 19.2. The summed E-state index contributed by atoms with van der Waals surface area (Å²) in [5, 5.41) is 2.70. The van der Waals surface area contributed by atoms with E-state index in [2.05, 4.69) is 15.0 Å². The second-order valence-corrected chi connectivity index (χ2v) is 5.57. The van der Waals surface area contributed by atoms with Crippen molar-refractivity contribution in [3.8, 4) is 17.0 Å². The van der Waals surface area contributed by atoms with Crippen molar-refractivity contribution in [2.24, 2.45) is 0 Å². The van der Waals surface area contributed by atoms with Gasteiger partial charge in [-0.3, -0.25) is 4.79 Å². The number of hydrogen-bond donors (Lipinski definition) is 1. The standard InChI is InChI=1S/C20H16F2N2O3/c1-13-23-17(12-26-13)14-6-9-16(10-7-14)24-19(25)11-8-15-4-2-3-5-18(15)27-20(21)22/h2-12,20H,1H3,(H,24,25). The van der Waals surface area contributed by atoms with Crippen LogP contribution in [0.3, 0.4) is 0 Å². The Labute approximate surface area is 154 Å². The molecule has 0 spiro atoms. The average Bonchev–Trinajstić information content (AvgIpc) is 3.07. The number of anilines is 1. The number of oxazole rings is 1. The van der Waals surface area contributed by atoms with Crippen LogP contribution in [0.4, 0.5) is 14.5 Å². The van der Waals surface area contributed by atoms with E-state index in [4.69, 9.17) is 4.42 Å². The lowest BCUT2D eigenvalue weighted by Crippen LogP contribution is -2.07. The van der Waals surface area contributed by atoms with Gasteiger partial charge in [0, 0.05) is 29.8 Å². The molecule has 1 aromatic heterocycles. The number of halogens is 2. The topological polar surface area (TPSA) is 64.4 Å². The van der Waals surface area contributed by atoms with Crippen LogP contribution in [0.25, 0.3) is 17.3 Å². The summed E-state index contributed by atoms with van der Waals surface area (Å²) < 4.78 is 34.4. The molecule has 1 N–H and O–H groups in total. The molecule has 1 heterocycles. The van der Waals surface area contributed by atoms with Crippen molar-refractivity contribution >= 4 is 17.7 Å². The van der Waals surface area contributed by atoms with Crippen LogP contribution >= 0.6 is 0 Å². The second kappa shape index (κ2) is 8.27. The number of carbonyl (C=O) groups excluding carboxylic acids is 1. The maximum atomic E-state index is 12.4. The molecule has 0 atom stereocenters. The third-order valence-electron chi connectivity index (χ3n) is 3.62. The van der Waals surface area contributed by atoms with Crippen molar-refractivity contribution in [2.45, 2.75) is 13.5 Å². The van der Waals surface area contributed by atoms with E-state index in [0.29, 0.717) is 22.8 Å². The van der Waals surface area contributed by atoms with E-state index >= 15 is 0 Å². The fraction of sp³-hybridized carbons (Fsp3) is 0.100. The summed E-state index contributed by atoms with van der Waals surface area (Å²) in [6, 6.07) is 13.3. The molecule has 0 fully saturated rings. The number of hydrogen-bond acceptors (Lipinski definition) is 4. The molecule has 3 aromatic rings. The molecule has 5 nitrogen and oxygen atoms in total. The summed E-state index contributed by atoms with van der Waals surface area (Å²) >= 11 is 0. The second-order valence-electron chi connectivity index (χ2n) is 5.57. The molecular weight excluding hydrogens is 354 g/mol. The summed E-state index contributed by atoms with van der Waals surface area (Å²) in [6.07, 6.45) is 4.23. The summed E-state index contributed by atoms with van der Waals surface area (Å²) in [4.78, 5) is 16.3. The largest absolute Gasteiger partial charge is 0.449 e. The first kappa shape index (κ1) is 18.3. The minimum absolute atomic E-state index is 0.00353. The Morgan fingerprint density at radius 2 is 1.93 bits per heavy atom. The molecule has 0 aliphatic rings. The van der Waals surface area contributed by atoms with Gasteiger partial charge in [0.1, 0.15) is 17.7 Å². The number of nitrogens with one attached hydrogen (secondary N) is 1. The first-order chi connectivity index (χ1) is 13.0. The summed E-state index contributed by atoms with van der Waals surface area (Å²) in [7, 11) is 0. The van der Waals surface area contributed by atoms with Crippen molar-refractivity contribution in [1.29, 1.82) is 0 Å². The maximum Gasteiger partial charge on any atom is 0.387 e. The zero-order valence-electron chi connectivity index (χ0n) is 14.4. The highest BCUT2D eigenvalue weighted by Crippen LogP contribution is 2.22. The maximum absolute atomic E-state index is 12.4. The number of aryl methyl sites for hydroxylation is 1. The van der Waals surface area contributed by atoms with Gasteiger partial charge in [-0.25, -0.2) is 4.98 Å². The van der Waals surface area contributed by atoms with Gasteiger partial charge in [-0.15, -0.1) is 0 Å². The van der Waals surface area contributed by atoms with Gasteiger partial charge in [-0.1, -0.05) is 30.3 Å². The number of ether oxygens (including phenoxy) is 1. The van der Waals surface area contributed by atoms with Gasteiger partial charge in [0.25, 0.3) is 0 Å². The molecule has 3 rings (SSSR count). The minimum Gasteiger partial charge on any atom is -0.449 e. The third-order valence-corrected chi connectivity index (χ3v) is 3.62. The Kier molecular flexibility index (Phi) is 5.61. The fourth-order valence-corrected chi connectivity index (χ4v) is 2.39. The number of rotatable bonds is 6. The Balaban J connectivity index is 1.65. The van der Waals surface area contributed by atoms with Crippen LogP contribution in [0.15, 0.2) is 65.3 Å². The van der Waals surface area contributed by atoms with Gasteiger partial charge in [0.15, 0.2) is 5.89 Å². The van der Waals surface area contributed by atoms with E-state index < -0.39 is 12.5 Å². The van der Waals surface area contributed by atoms with Crippen LogP contribution in [0.2, 0.25) is 0 Å². The molecule has 1 amide bonds. The molecule has 138 valence electrons. The van der Waals surface area contributed by atoms with Crippen LogP contribution in [0, 0.1) is 6.92 Å². The number of nitrogens with zero attached hydrogens (tertiary/aromatic N) is 1. The Hall–Kier alpha value is -3.48. The highest BCUT2D eigenvalue weighted by atomic mass is 19.3. The van der Waals surface area contributed by atoms with Gasteiger partial charge in [0.05, 0.1) is 0 Å². The van der Waals surface area contributed by atoms with Crippen molar-refractivity contribution in [1.82, 2.24) is 4.98 Å². The number of amides is 1. The number of alkyl halides is 2. The zero-order valence-corrected chi connectivity index (χ0v) is 14.4. The molecule has 27 heavy (non-hydrogen) atoms. The third kappa shape index (κ3) is 5.01. The summed E-state index contributed by atoms with van der Waals surface area (Å²) in [6.45, 7) is -1.17. The van der Waals surface area contributed by atoms with E-state index in [1.54, 1.807) is 43.5 Å². The summed E-state index contributed by atoms with van der Waals surface area (Å²) in [5.74, 6) is 0.180. The van der Waals surface area contributed by atoms with Gasteiger partial charge in [-0.2, -0.15) is 8.78 Å². The fourth-order valence-electron chi connectivity index (χ4n) is 2.39. The molecule has 0 saturated heterocycles. The van der Waals surface area contributed by atoms with Gasteiger partial charge < -0.3 is 14.5 Å². The number of aromatic nitrogens is 1. The molecule has 0 radical (unpaired) electrons. The SMILES string of the molecule is Cc1nc(-c2ccc(NC(=O)C=Cc3ccccc3OC(F)F)cc2)co1. The molecule has 0 bridgehead atoms. The predicted octanol–water partition coefficient (Wildman–Crippen LogP) is 4.90. The van der Waals surface area contributed by atoms with Crippen molar-refractivity contribution in [3.05, 3.63) is 72.3 Å². The molecule has 2 aromatic carbocycles. The Bertz CT molecular complexity index is 950. The normalized spacial score (nSPS) is 11.1. The molecule has 0 unspecified atom stereocenters. The van der Waals surface area contributed by atoms with Crippen molar-refractivity contribution in [2.75, 3.05) is 5.32 Å². The van der Waals surface area contributed by atoms with E-state index in [-0.39, 0.29) is 5.75 Å². The van der Waals surface area contributed by atoms with Gasteiger partial charge >= 0.3 is 6.61 Å². The highest BCUT2D eigenvalue weighted by molar-refractivity contribution is 6.02. The lowest BCUT2D eigenvalue weighted by atomic mass is 10.1. The lowest BCUT2D eigenvalue weighted by Gasteiger charge is -2.07. The number of benzene rings is 2.